The van der Waals surface area contributed by atoms with Gasteiger partial charge in [-0.2, -0.15) is 0 Å². The zero-order valence-corrected chi connectivity index (χ0v) is 10.7. The van der Waals surface area contributed by atoms with E-state index in [1.54, 1.807) is 6.26 Å². The Kier molecular flexibility index (Phi) is 3.20. The van der Waals surface area contributed by atoms with E-state index in [2.05, 4.69) is 36.5 Å². The van der Waals surface area contributed by atoms with Crippen molar-refractivity contribution in [3.63, 3.8) is 0 Å². The van der Waals surface area contributed by atoms with Crippen LogP contribution in [0.4, 0.5) is 0 Å². The Labute approximate surface area is 108 Å². The molecule has 3 rings (SSSR count). The smallest absolute Gasteiger partial charge is 0.117 e. The third kappa shape index (κ3) is 2.34. The quantitative estimate of drug-likeness (QED) is 0.884. The molecule has 1 aliphatic rings. The second kappa shape index (κ2) is 4.99. The number of rotatable bonds is 4. The zero-order valence-electron chi connectivity index (χ0n) is 10.7. The average molecular weight is 241 g/mol. The second-order valence-corrected chi connectivity index (χ2v) is 5.18. The van der Waals surface area contributed by atoms with Crippen LogP contribution in [0.1, 0.15) is 35.6 Å². The van der Waals surface area contributed by atoms with Gasteiger partial charge in [0, 0.05) is 6.04 Å². The van der Waals surface area contributed by atoms with Gasteiger partial charge in [0.1, 0.15) is 5.76 Å². The summed E-state index contributed by atoms with van der Waals surface area (Å²) in [5.41, 5.74) is 2.94. The van der Waals surface area contributed by atoms with Crippen molar-refractivity contribution in [3.8, 4) is 0 Å². The molecule has 0 atom stereocenters. The Morgan fingerprint density at radius 3 is 2.72 bits per heavy atom. The Balaban J connectivity index is 1.50. The van der Waals surface area contributed by atoms with Crippen LogP contribution >= 0.6 is 0 Å². The van der Waals surface area contributed by atoms with Crippen LogP contribution in [0, 0.1) is 6.92 Å². The predicted molar refractivity (Wildman–Crippen MR) is 72.5 cm³/mol. The van der Waals surface area contributed by atoms with E-state index in [-0.39, 0.29) is 0 Å². The van der Waals surface area contributed by atoms with Gasteiger partial charge < -0.3 is 9.73 Å². The maximum atomic E-state index is 5.32. The first-order chi connectivity index (χ1) is 8.83. The molecule has 0 amide bonds. The number of aryl methyl sites for hydroxylation is 1. The molecule has 1 saturated carbocycles. The first kappa shape index (κ1) is 11.5. The standard InChI is InChI=1S/C16H19NO/c1-12-5-2-3-7-16(12)13-9-14(10-13)17-11-15-6-4-8-18-15/h2-8,13-14,17H,9-11H2,1H3. The molecule has 2 aromatic rings. The van der Waals surface area contributed by atoms with E-state index in [1.807, 2.05) is 12.1 Å². The summed E-state index contributed by atoms with van der Waals surface area (Å²) in [7, 11) is 0. The van der Waals surface area contributed by atoms with Crippen LogP contribution in [0.3, 0.4) is 0 Å². The highest BCUT2D eigenvalue weighted by atomic mass is 16.3. The number of benzene rings is 1. The SMILES string of the molecule is Cc1ccccc1C1CC(NCc2ccco2)C1. The Hall–Kier alpha value is -1.54. The summed E-state index contributed by atoms with van der Waals surface area (Å²) in [5.74, 6) is 1.76. The molecule has 18 heavy (non-hydrogen) atoms. The Morgan fingerprint density at radius 2 is 2.00 bits per heavy atom. The van der Waals surface area contributed by atoms with Gasteiger partial charge in [-0.25, -0.2) is 0 Å². The first-order valence-corrected chi connectivity index (χ1v) is 6.64. The van der Waals surface area contributed by atoms with Crippen LogP contribution in [0.15, 0.2) is 47.1 Å². The van der Waals surface area contributed by atoms with Crippen molar-refractivity contribution in [1.29, 1.82) is 0 Å². The summed E-state index contributed by atoms with van der Waals surface area (Å²) in [5, 5.41) is 3.55. The van der Waals surface area contributed by atoms with Crippen molar-refractivity contribution >= 4 is 0 Å². The molecule has 0 radical (unpaired) electrons. The summed E-state index contributed by atoms with van der Waals surface area (Å²) in [4.78, 5) is 0. The molecule has 1 aromatic carbocycles. The molecule has 0 unspecified atom stereocenters. The number of nitrogens with one attached hydrogen (secondary N) is 1. The van der Waals surface area contributed by atoms with Gasteiger partial charge in [-0.3, -0.25) is 0 Å². The van der Waals surface area contributed by atoms with Gasteiger partial charge in [0.2, 0.25) is 0 Å². The van der Waals surface area contributed by atoms with Crippen molar-refractivity contribution in [2.24, 2.45) is 0 Å². The second-order valence-electron chi connectivity index (χ2n) is 5.18. The Morgan fingerprint density at radius 1 is 1.17 bits per heavy atom. The van der Waals surface area contributed by atoms with Gasteiger partial charge >= 0.3 is 0 Å². The summed E-state index contributed by atoms with van der Waals surface area (Å²) >= 11 is 0. The molecule has 1 fully saturated rings. The van der Waals surface area contributed by atoms with Crippen LogP contribution in [-0.4, -0.2) is 6.04 Å². The lowest BCUT2D eigenvalue weighted by molar-refractivity contribution is 0.281. The summed E-state index contributed by atoms with van der Waals surface area (Å²) in [6.07, 6.45) is 4.21. The van der Waals surface area contributed by atoms with Gasteiger partial charge in [0.25, 0.3) is 0 Å². The van der Waals surface area contributed by atoms with Crippen molar-refractivity contribution in [1.82, 2.24) is 5.32 Å². The molecular weight excluding hydrogens is 222 g/mol. The van der Waals surface area contributed by atoms with E-state index in [0.29, 0.717) is 6.04 Å². The highest BCUT2D eigenvalue weighted by molar-refractivity contribution is 5.31. The van der Waals surface area contributed by atoms with E-state index >= 15 is 0 Å². The molecule has 94 valence electrons. The first-order valence-electron chi connectivity index (χ1n) is 6.64. The molecule has 1 aromatic heterocycles. The average Bonchev–Trinajstić information content (AvgIpc) is 2.82. The summed E-state index contributed by atoms with van der Waals surface area (Å²) < 4.78 is 5.32. The fourth-order valence-electron chi connectivity index (χ4n) is 2.74. The lowest BCUT2D eigenvalue weighted by Gasteiger charge is -2.37. The molecular formula is C16H19NO. The fourth-order valence-corrected chi connectivity index (χ4v) is 2.74. The van der Waals surface area contributed by atoms with Crippen molar-refractivity contribution in [2.45, 2.75) is 38.3 Å². The molecule has 2 heteroatoms. The fraction of sp³-hybridized carbons (Fsp3) is 0.375. The van der Waals surface area contributed by atoms with E-state index in [0.717, 1.165) is 18.2 Å². The molecule has 0 aliphatic heterocycles. The zero-order chi connectivity index (χ0) is 12.4. The third-order valence-electron chi connectivity index (χ3n) is 3.91. The van der Waals surface area contributed by atoms with Crippen LogP contribution in [0.2, 0.25) is 0 Å². The molecule has 0 bridgehead atoms. The van der Waals surface area contributed by atoms with Crippen LogP contribution in [0.25, 0.3) is 0 Å². The summed E-state index contributed by atoms with van der Waals surface area (Å²) in [6, 6.07) is 13.3. The van der Waals surface area contributed by atoms with E-state index in [1.165, 1.54) is 24.0 Å². The largest absolute Gasteiger partial charge is 0.468 e. The van der Waals surface area contributed by atoms with E-state index in [9.17, 15) is 0 Å². The predicted octanol–water partition coefficient (Wildman–Crippen LogP) is 3.62. The van der Waals surface area contributed by atoms with E-state index in [4.69, 9.17) is 4.42 Å². The lowest BCUT2D eigenvalue weighted by Crippen LogP contribution is -2.39. The van der Waals surface area contributed by atoms with Gasteiger partial charge in [-0.1, -0.05) is 24.3 Å². The van der Waals surface area contributed by atoms with Crippen LogP contribution < -0.4 is 5.32 Å². The number of hydrogen-bond donors (Lipinski definition) is 1. The molecule has 2 nitrogen and oxygen atoms in total. The monoisotopic (exact) mass is 241 g/mol. The van der Waals surface area contributed by atoms with Crippen LogP contribution in [-0.2, 0) is 6.54 Å². The Bertz CT molecular complexity index is 498. The van der Waals surface area contributed by atoms with E-state index < -0.39 is 0 Å². The van der Waals surface area contributed by atoms with Gasteiger partial charge in [0.15, 0.2) is 0 Å². The minimum atomic E-state index is 0.639. The normalized spacial score (nSPS) is 22.7. The van der Waals surface area contributed by atoms with Crippen LogP contribution in [0.5, 0.6) is 0 Å². The van der Waals surface area contributed by atoms with Crippen molar-refractivity contribution < 1.29 is 4.42 Å². The molecule has 1 N–H and O–H groups in total. The molecule has 0 saturated heterocycles. The third-order valence-corrected chi connectivity index (χ3v) is 3.91. The van der Waals surface area contributed by atoms with Gasteiger partial charge in [-0.05, 0) is 48.9 Å². The van der Waals surface area contributed by atoms with Gasteiger partial charge in [-0.15, -0.1) is 0 Å². The highest BCUT2D eigenvalue weighted by Gasteiger charge is 2.30. The topological polar surface area (TPSA) is 25.2 Å². The molecule has 1 heterocycles. The summed E-state index contributed by atoms with van der Waals surface area (Å²) in [6.45, 7) is 3.05. The maximum absolute atomic E-state index is 5.32. The minimum absolute atomic E-state index is 0.639. The maximum Gasteiger partial charge on any atom is 0.117 e. The lowest BCUT2D eigenvalue weighted by atomic mass is 9.74. The number of furan rings is 1. The number of hydrogen-bond acceptors (Lipinski definition) is 2. The van der Waals surface area contributed by atoms with Gasteiger partial charge in [0.05, 0.1) is 12.8 Å². The molecule has 0 spiro atoms. The van der Waals surface area contributed by atoms with Crippen molar-refractivity contribution in [2.75, 3.05) is 0 Å². The van der Waals surface area contributed by atoms with Crippen molar-refractivity contribution in [3.05, 3.63) is 59.5 Å². The highest BCUT2D eigenvalue weighted by Crippen LogP contribution is 2.38. The minimum Gasteiger partial charge on any atom is -0.468 e. The molecule has 1 aliphatic carbocycles.